The number of hydrogen-bond acceptors (Lipinski definition) is 5. The fourth-order valence-corrected chi connectivity index (χ4v) is 4.37. The van der Waals surface area contributed by atoms with Gasteiger partial charge in [-0.25, -0.2) is 4.98 Å². The number of carbonyl (C=O) groups is 1. The second-order valence-electron chi connectivity index (χ2n) is 7.25. The van der Waals surface area contributed by atoms with E-state index >= 15 is 0 Å². The van der Waals surface area contributed by atoms with Crippen molar-refractivity contribution in [3.05, 3.63) is 93.6 Å². The number of halogens is 1. The third kappa shape index (κ3) is 5.06. The number of amides is 1. The molecular formula is C24H22ClN3O3S. The summed E-state index contributed by atoms with van der Waals surface area (Å²) in [6.07, 6.45) is 2.31. The number of rotatable bonds is 8. The van der Waals surface area contributed by atoms with Crippen molar-refractivity contribution < 1.29 is 9.21 Å². The van der Waals surface area contributed by atoms with Crippen LogP contribution < -0.4 is 10.9 Å². The van der Waals surface area contributed by atoms with Crippen LogP contribution >= 0.6 is 23.4 Å². The molecular weight excluding hydrogens is 446 g/mol. The molecule has 32 heavy (non-hydrogen) atoms. The summed E-state index contributed by atoms with van der Waals surface area (Å²) >= 11 is 7.20. The summed E-state index contributed by atoms with van der Waals surface area (Å²) in [6.45, 7) is 2.26. The number of benzene rings is 2. The maximum Gasteiger partial charge on any atom is 0.262 e. The van der Waals surface area contributed by atoms with E-state index in [9.17, 15) is 9.59 Å². The number of para-hydroxylation sites is 1. The normalized spacial score (nSPS) is 12.1. The predicted octanol–water partition coefficient (Wildman–Crippen LogP) is 5.05. The van der Waals surface area contributed by atoms with Crippen molar-refractivity contribution in [2.75, 3.05) is 5.75 Å². The standard InChI is InChI=1S/C24H22ClN3O3S/c1-2-20(16-9-11-17(25)12-10-16)26-22(29)15-32-24-27-21-8-4-3-7-19(21)23(30)28(24)14-18-6-5-13-31-18/h3-13,20H,2,14-15H2,1H3,(H,26,29). The first-order chi connectivity index (χ1) is 15.5. The molecule has 0 aliphatic carbocycles. The number of fused-ring (bicyclic) bond motifs is 1. The molecule has 0 saturated carbocycles. The summed E-state index contributed by atoms with van der Waals surface area (Å²) in [5.74, 6) is 0.639. The fourth-order valence-electron chi connectivity index (χ4n) is 3.44. The Morgan fingerprint density at radius 3 is 2.66 bits per heavy atom. The van der Waals surface area contributed by atoms with Crippen molar-refractivity contribution >= 4 is 40.2 Å². The highest BCUT2D eigenvalue weighted by atomic mass is 35.5. The highest BCUT2D eigenvalue weighted by molar-refractivity contribution is 7.99. The zero-order valence-electron chi connectivity index (χ0n) is 17.5. The van der Waals surface area contributed by atoms with Crippen molar-refractivity contribution in [2.45, 2.75) is 31.1 Å². The monoisotopic (exact) mass is 467 g/mol. The Labute approximate surface area is 194 Å². The van der Waals surface area contributed by atoms with E-state index in [0.29, 0.717) is 26.8 Å². The SMILES string of the molecule is CCC(NC(=O)CSc1nc2ccccc2c(=O)n1Cc1ccco1)c1ccc(Cl)cc1. The summed E-state index contributed by atoms with van der Waals surface area (Å²) in [4.78, 5) is 30.5. The molecule has 0 aliphatic rings. The number of nitrogens with one attached hydrogen (secondary N) is 1. The van der Waals surface area contributed by atoms with E-state index in [2.05, 4.69) is 10.3 Å². The van der Waals surface area contributed by atoms with Crippen molar-refractivity contribution in [3.63, 3.8) is 0 Å². The van der Waals surface area contributed by atoms with E-state index in [1.165, 1.54) is 11.8 Å². The molecule has 2 aromatic carbocycles. The van der Waals surface area contributed by atoms with Gasteiger partial charge in [0.05, 0.1) is 35.5 Å². The number of thioether (sulfide) groups is 1. The Morgan fingerprint density at radius 2 is 1.94 bits per heavy atom. The molecule has 0 saturated heterocycles. The van der Waals surface area contributed by atoms with Crippen LogP contribution in [-0.2, 0) is 11.3 Å². The quantitative estimate of drug-likeness (QED) is 0.290. The zero-order chi connectivity index (χ0) is 22.5. The average molecular weight is 468 g/mol. The van der Waals surface area contributed by atoms with Crippen molar-refractivity contribution in [3.8, 4) is 0 Å². The van der Waals surface area contributed by atoms with Crippen LogP contribution in [-0.4, -0.2) is 21.2 Å². The lowest BCUT2D eigenvalue weighted by Gasteiger charge is -2.18. The third-order valence-electron chi connectivity index (χ3n) is 5.07. The molecule has 4 rings (SSSR count). The van der Waals surface area contributed by atoms with Crippen molar-refractivity contribution in [1.82, 2.24) is 14.9 Å². The van der Waals surface area contributed by atoms with Gasteiger partial charge < -0.3 is 9.73 Å². The van der Waals surface area contributed by atoms with Gasteiger partial charge >= 0.3 is 0 Å². The molecule has 2 aromatic heterocycles. The highest BCUT2D eigenvalue weighted by Gasteiger charge is 2.17. The van der Waals surface area contributed by atoms with E-state index in [4.69, 9.17) is 16.0 Å². The molecule has 6 nitrogen and oxygen atoms in total. The minimum Gasteiger partial charge on any atom is -0.467 e. The summed E-state index contributed by atoms with van der Waals surface area (Å²) in [5, 5.41) is 4.71. The number of carbonyl (C=O) groups excluding carboxylic acids is 1. The summed E-state index contributed by atoms with van der Waals surface area (Å²) in [5.41, 5.74) is 1.43. The van der Waals surface area contributed by atoms with E-state index < -0.39 is 0 Å². The van der Waals surface area contributed by atoms with Gasteiger partial charge in [-0.05, 0) is 48.4 Å². The average Bonchev–Trinajstić information content (AvgIpc) is 3.32. The van der Waals surface area contributed by atoms with Crippen LogP contribution in [0.25, 0.3) is 10.9 Å². The molecule has 2 heterocycles. The maximum atomic E-state index is 13.1. The summed E-state index contributed by atoms with van der Waals surface area (Å²) in [7, 11) is 0. The Morgan fingerprint density at radius 1 is 1.16 bits per heavy atom. The van der Waals surface area contributed by atoms with Crippen LogP contribution in [0.15, 0.2) is 81.3 Å². The van der Waals surface area contributed by atoms with Gasteiger partial charge in [-0.2, -0.15) is 0 Å². The minimum absolute atomic E-state index is 0.116. The Balaban J connectivity index is 1.54. The van der Waals surface area contributed by atoms with Crippen LogP contribution in [0.1, 0.15) is 30.7 Å². The van der Waals surface area contributed by atoms with Crippen LogP contribution in [0.5, 0.6) is 0 Å². The summed E-state index contributed by atoms with van der Waals surface area (Å²) in [6, 6.07) is 18.1. The molecule has 0 spiro atoms. The Bertz CT molecular complexity index is 1270. The largest absolute Gasteiger partial charge is 0.467 e. The minimum atomic E-state index is -0.164. The topological polar surface area (TPSA) is 77.1 Å². The van der Waals surface area contributed by atoms with Crippen LogP contribution in [0, 0.1) is 0 Å². The van der Waals surface area contributed by atoms with Gasteiger partial charge in [-0.15, -0.1) is 0 Å². The highest BCUT2D eigenvalue weighted by Crippen LogP contribution is 2.22. The molecule has 1 atom stereocenters. The molecule has 4 aromatic rings. The first-order valence-electron chi connectivity index (χ1n) is 10.2. The third-order valence-corrected chi connectivity index (χ3v) is 6.30. The lowest BCUT2D eigenvalue weighted by Crippen LogP contribution is -2.30. The molecule has 0 aliphatic heterocycles. The van der Waals surface area contributed by atoms with Gasteiger partial charge in [0.1, 0.15) is 5.76 Å². The molecule has 8 heteroatoms. The van der Waals surface area contributed by atoms with Crippen molar-refractivity contribution in [1.29, 1.82) is 0 Å². The maximum absolute atomic E-state index is 13.1. The first kappa shape index (κ1) is 22.2. The number of nitrogens with zero attached hydrogens (tertiary/aromatic N) is 2. The molecule has 0 radical (unpaired) electrons. The van der Waals surface area contributed by atoms with Crippen LogP contribution in [0.2, 0.25) is 5.02 Å². The number of hydrogen-bond donors (Lipinski definition) is 1. The lowest BCUT2D eigenvalue weighted by molar-refractivity contribution is -0.119. The van der Waals surface area contributed by atoms with Crippen LogP contribution in [0.4, 0.5) is 0 Å². The molecule has 1 N–H and O–H groups in total. The smallest absolute Gasteiger partial charge is 0.262 e. The number of furan rings is 1. The molecule has 1 unspecified atom stereocenters. The van der Waals surface area contributed by atoms with Gasteiger partial charge in [0.2, 0.25) is 5.91 Å². The van der Waals surface area contributed by atoms with Gasteiger partial charge in [0.15, 0.2) is 5.16 Å². The first-order valence-corrected chi connectivity index (χ1v) is 11.6. The number of aromatic nitrogens is 2. The molecule has 0 fully saturated rings. The Hall–Kier alpha value is -3.03. The second-order valence-corrected chi connectivity index (χ2v) is 8.63. The van der Waals surface area contributed by atoms with Crippen molar-refractivity contribution in [2.24, 2.45) is 0 Å². The van der Waals surface area contributed by atoms with E-state index in [1.807, 2.05) is 43.3 Å². The zero-order valence-corrected chi connectivity index (χ0v) is 19.0. The van der Waals surface area contributed by atoms with E-state index in [-0.39, 0.29) is 29.8 Å². The van der Waals surface area contributed by atoms with Gasteiger partial charge in [-0.3, -0.25) is 14.2 Å². The van der Waals surface area contributed by atoms with Gasteiger partial charge in [0, 0.05) is 5.02 Å². The fraction of sp³-hybridized carbons (Fsp3) is 0.208. The van der Waals surface area contributed by atoms with E-state index in [0.717, 1.165) is 12.0 Å². The van der Waals surface area contributed by atoms with Crippen LogP contribution in [0.3, 0.4) is 0 Å². The Kier molecular flexibility index (Phi) is 6.97. The lowest BCUT2D eigenvalue weighted by atomic mass is 10.0. The predicted molar refractivity (Wildman–Crippen MR) is 127 cm³/mol. The van der Waals surface area contributed by atoms with Gasteiger partial charge in [-0.1, -0.05) is 54.6 Å². The molecule has 1 amide bonds. The summed E-state index contributed by atoms with van der Waals surface area (Å²) < 4.78 is 6.98. The molecule has 164 valence electrons. The van der Waals surface area contributed by atoms with E-state index in [1.54, 1.807) is 35.1 Å². The molecule has 0 bridgehead atoms. The second kappa shape index (κ2) is 10.1. The van der Waals surface area contributed by atoms with Gasteiger partial charge in [0.25, 0.3) is 5.56 Å².